The summed E-state index contributed by atoms with van der Waals surface area (Å²) in [5.74, 6) is 0.680. The second kappa shape index (κ2) is 11.0. The minimum Gasteiger partial charge on any atom is -0.497 e. The van der Waals surface area contributed by atoms with E-state index in [-0.39, 0.29) is 26.2 Å². The third-order valence-electron chi connectivity index (χ3n) is 5.25. The summed E-state index contributed by atoms with van der Waals surface area (Å²) in [6.07, 6.45) is -2.98. The molecule has 0 aromatic heterocycles. The number of benzene rings is 2. The highest BCUT2D eigenvalue weighted by Gasteiger charge is 2.44. The van der Waals surface area contributed by atoms with Crippen molar-refractivity contribution in [3.05, 3.63) is 65.7 Å². The van der Waals surface area contributed by atoms with Gasteiger partial charge >= 0.3 is 6.09 Å². The Kier molecular flexibility index (Phi) is 8.65. The number of aliphatic hydroxyl groups excluding tert-OH is 3. The summed E-state index contributed by atoms with van der Waals surface area (Å²) in [6, 6.07) is 16.4. The smallest absolute Gasteiger partial charge is 0.410 e. The fourth-order valence-electron chi connectivity index (χ4n) is 3.35. The Morgan fingerprint density at radius 2 is 1.70 bits per heavy atom. The monoisotopic (exact) mass is 417 g/mol. The van der Waals surface area contributed by atoms with Crippen LogP contribution in [0.3, 0.4) is 0 Å². The third kappa shape index (κ3) is 5.95. The maximum absolute atomic E-state index is 13.1. The highest BCUT2D eigenvalue weighted by atomic mass is 16.6. The Hall–Kier alpha value is -2.61. The van der Waals surface area contributed by atoms with Crippen LogP contribution in [0.15, 0.2) is 54.6 Å². The lowest BCUT2D eigenvalue weighted by Crippen LogP contribution is -2.60. The lowest BCUT2D eigenvalue weighted by molar-refractivity contribution is -0.0852. The average molecular weight is 418 g/mol. The molecule has 2 aromatic carbocycles. The van der Waals surface area contributed by atoms with Gasteiger partial charge in [-0.2, -0.15) is 0 Å². The molecule has 0 spiro atoms. The van der Waals surface area contributed by atoms with Crippen molar-refractivity contribution in [1.29, 1.82) is 0 Å². The normalized spacial score (nSPS) is 15.0. The Balaban J connectivity index is 2.31. The van der Waals surface area contributed by atoms with E-state index < -0.39 is 23.8 Å². The van der Waals surface area contributed by atoms with Gasteiger partial charge in [0.2, 0.25) is 0 Å². The van der Waals surface area contributed by atoms with Crippen LogP contribution < -0.4 is 4.74 Å². The zero-order valence-corrected chi connectivity index (χ0v) is 17.7. The van der Waals surface area contributed by atoms with Crippen LogP contribution in [0.5, 0.6) is 5.75 Å². The van der Waals surface area contributed by atoms with E-state index in [0.717, 1.165) is 11.1 Å². The predicted molar refractivity (Wildman–Crippen MR) is 113 cm³/mol. The summed E-state index contributed by atoms with van der Waals surface area (Å²) in [5, 5.41) is 30.4. The summed E-state index contributed by atoms with van der Waals surface area (Å²) >= 11 is 0. The van der Waals surface area contributed by atoms with E-state index in [1.807, 2.05) is 42.5 Å². The molecule has 0 saturated heterocycles. The molecular weight excluding hydrogens is 386 g/mol. The minimum atomic E-state index is -1.29. The fraction of sp³-hybridized carbons (Fsp3) is 0.435. The topological polar surface area (TPSA) is 99.5 Å². The molecule has 2 aromatic rings. The van der Waals surface area contributed by atoms with E-state index in [9.17, 15) is 20.1 Å². The van der Waals surface area contributed by atoms with Crippen molar-refractivity contribution in [2.24, 2.45) is 0 Å². The van der Waals surface area contributed by atoms with Crippen LogP contribution >= 0.6 is 0 Å². The van der Waals surface area contributed by atoms with E-state index in [1.54, 1.807) is 26.2 Å². The number of aliphatic hydroxyl groups is 3. The molecule has 0 bridgehead atoms. The molecule has 7 heteroatoms. The molecule has 0 fully saturated rings. The van der Waals surface area contributed by atoms with Gasteiger partial charge in [0.15, 0.2) is 0 Å². The van der Waals surface area contributed by atoms with Crippen LogP contribution in [0, 0.1) is 0 Å². The van der Waals surface area contributed by atoms with Crippen molar-refractivity contribution in [3.8, 4) is 5.75 Å². The van der Waals surface area contributed by atoms with Gasteiger partial charge in [0.25, 0.3) is 0 Å². The van der Waals surface area contributed by atoms with Gasteiger partial charge in [-0.3, -0.25) is 4.90 Å². The van der Waals surface area contributed by atoms with E-state index in [0.29, 0.717) is 5.75 Å². The van der Waals surface area contributed by atoms with Gasteiger partial charge in [-0.15, -0.1) is 0 Å². The van der Waals surface area contributed by atoms with Crippen LogP contribution in [0.25, 0.3) is 0 Å². The number of methoxy groups -OCH3 is 1. The fourth-order valence-corrected chi connectivity index (χ4v) is 3.35. The predicted octanol–water partition coefficient (Wildman–Crippen LogP) is 2.72. The maximum atomic E-state index is 13.1. The molecule has 3 N–H and O–H groups in total. The summed E-state index contributed by atoms with van der Waals surface area (Å²) in [5.41, 5.74) is 0.362. The molecule has 0 radical (unpaired) electrons. The Morgan fingerprint density at radius 1 is 1.07 bits per heavy atom. The van der Waals surface area contributed by atoms with Gasteiger partial charge in [0.1, 0.15) is 18.5 Å². The number of ether oxygens (including phenoxy) is 2. The van der Waals surface area contributed by atoms with Gasteiger partial charge in [0, 0.05) is 13.2 Å². The first-order valence-corrected chi connectivity index (χ1v) is 9.90. The number of rotatable bonds is 10. The second-order valence-corrected chi connectivity index (χ2v) is 7.49. The van der Waals surface area contributed by atoms with Gasteiger partial charge in [-0.1, -0.05) is 42.5 Å². The van der Waals surface area contributed by atoms with E-state index in [1.165, 1.54) is 11.8 Å². The van der Waals surface area contributed by atoms with Crippen molar-refractivity contribution in [3.63, 3.8) is 0 Å². The lowest BCUT2D eigenvalue weighted by atomic mass is 9.86. The van der Waals surface area contributed by atoms with Crippen LogP contribution in [-0.4, -0.2) is 57.8 Å². The number of hydrogen-bond donors (Lipinski definition) is 3. The first kappa shape index (κ1) is 23.7. The standard InChI is InChI=1S/C23H31NO6/c1-17(26)21(27)23(2,13-14-25)24(15-18-9-11-20(29-3)12-10-18)22(28)30-16-19-7-5-4-6-8-19/h4-12,17,21,25-27H,13-16H2,1-3H3/t17-,21+,23-/m0/s1. The third-order valence-corrected chi connectivity index (χ3v) is 5.25. The molecule has 0 unspecified atom stereocenters. The van der Waals surface area contributed by atoms with Gasteiger partial charge in [-0.25, -0.2) is 4.79 Å². The Labute approximate surface area is 177 Å². The number of amides is 1. The molecule has 0 heterocycles. The van der Waals surface area contributed by atoms with E-state index in [4.69, 9.17) is 9.47 Å². The number of hydrogen-bond acceptors (Lipinski definition) is 6. The van der Waals surface area contributed by atoms with Gasteiger partial charge < -0.3 is 24.8 Å². The van der Waals surface area contributed by atoms with Crippen molar-refractivity contribution < 1.29 is 29.6 Å². The molecule has 0 aliphatic heterocycles. The summed E-state index contributed by atoms with van der Waals surface area (Å²) in [7, 11) is 1.57. The maximum Gasteiger partial charge on any atom is 0.410 e. The second-order valence-electron chi connectivity index (χ2n) is 7.49. The average Bonchev–Trinajstić information content (AvgIpc) is 2.76. The summed E-state index contributed by atoms with van der Waals surface area (Å²) in [6.45, 7) is 3.00. The summed E-state index contributed by atoms with van der Waals surface area (Å²) in [4.78, 5) is 14.5. The largest absolute Gasteiger partial charge is 0.497 e. The molecule has 0 saturated carbocycles. The molecule has 0 aliphatic carbocycles. The van der Waals surface area contributed by atoms with E-state index in [2.05, 4.69) is 0 Å². The van der Waals surface area contributed by atoms with E-state index >= 15 is 0 Å². The van der Waals surface area contributed by atoms with Crippen LogP contribution in [0.1, 0.15) is 31.4 Å². The first-order valence-electron chi connectivity index (χ1n) is 9.90. The molecule has 0 aliphatic rings. The van der Waals surface area contributed by atoms with Crippen molar-refractivity contribution in [2.45, 2.75) is 51.2 Å². The molecule has 1 amide bonds. The Bertz CT molecular complexity index is 780. The minimum absolute atomic E-state index is 0.0651. The highest BCUT2D eigenvalue weighted by Crippen LogP contribution is 2.29. The van der Waals surface area contributed by atoms with Gasteiger partial charge in [-0.05, 0) is 43.5 Å². The SMILES string of the molecule is COc1ccc(CN(C(=O)OCc2ccccc2)[C@@](C)(CCO)[C@H](O)[C@H](C)O)cc1. The molecule has 7 nitrogen and oxygen atoms in total. The van der Waals surface area contributed by atoms with Gasteiger partial charge in [0.05, 0.1) is 18.8 Å². The van der Waals surface area contributed by atoms with Crippen molar-refractivity contribution in [1.82, 2.24) is 4.90 Å². The first-order chi connectivity index (χ1) is 14.3. The zero-order chi connectivity index (χ0) is 22.1. The molecule has 30 heavy (non-hydrogen) atoms. The van der Waals surface area contributed by atoms with Crippen LogP contribution in [0.4, 0.5) is 4.79 Å². The van der Waals surface area contributed by atoms with Crippen LogP contribution in [-0.2, 0) is 17.9 Å². The quantitative estimate of drug-likeness (QED) is 0.550. The molecule has 164 valence electrons. The number of carbonyl (C=O) groups excluding carboxylic acids is 1. The van der Waals surface area contributed by atoms with Crippen molar-refractivity contribution >= 4 is 6.09 Å². The van der Waals surface area contributed by atoms with Crippen molar-refractivity contribution in [2.75, 3.05) is 13.7 Å². The number of carbonyl (C=O) groups is 1. The molecular formula is C23H31NO6. The molecule has 2 rings (SSSR count). The number of nitrogens with zero attached hydrogens (tertiary/aromatic N) is 1. The highest BCUT2D eigenvalue weighted by molar-refractivity contribution is 5.69. The molecule has 3 atom stereocenters. The lowest BCUT2D eigenvalue weighted by Gasteiger charge is -2.44. The van der Waals surface area contributed by atoms with Crippen LogP contribution in [0.2, 0.25) is 0 Å². The zero-order valence-electron chi connectivity index (χ0n) is 17.7. The summed E-state index contributed by atoms with van der Waals surface area (Å²) < 4.78 is 10.7. The Morgan fingerprint density at radius 3 is 2.23 bits per heavy atom.